The number of carbonyl (C=O) groups excluding carboxylic acids is 1. The second kappa shape index (κ2) is 6.04. The molecule has 1 fully saturated rings. The number of H-pyrrole nitrogens is 2. The molecule has 0 radical (unpaired) electrons. The van der Waals surface area contributed by atoms with Crippen molar-refractivity contribution in [3.8, 4) is 0 Å². The SMILES string of the molecule is CC(C)c1ncsc1C(=O)N1CCC[C@H](c2n[nH]c(=O)[nH]2)C1. The number of nitrogens with zero attached hydrogens (tertiary/aromatic N) is 3. The highest BCUT2D eigenvalue weighted by Gasteiger charge is 2.29. The molecule has 2 N–H and O–H groups in total. The molecular weight excluding hydrogens is 302 g/mol. The number of nitrogens with one attached hydrogen (secondary N) is 2. The van der Waals surface area contributed by atoms with Gasteiger partial charge in [0, 0.05) is 19.0 Å². The highest BCUT2D eigenvalue weighted by molar-refractivity contribution is 7.11. The summed E-state index contributed by atoms with van der Waals surface area (Å²) in [7, 11) is 0. The van der Waals surface area contributed by atoms with E-state index in [0.29, 0.717) is 12.4 Å². The second-order valence-corrected chi connectivity index (χ2v) is 6.73. The van der Waals surface area contributed by atoms with Gasteiger partial charge in [0.25, 0.3) is 5.91 Å². The Kier molecular flexibility index (Phi) is 4.10. The number of aromatic nitrogens is 4. The Bertz CT molecular complexity index is 717. The first-order chi connectivity index (χ1) is 10.6. The molecule has 0 bridgehead atoms. The van der Waals surface area contributed by atoms with Crippen molar-refractivity contribution in [1.82, 2.24) is 25.1 Å². The van der Waals surface area contributed by atoms with Gasteiger partial charge in [-0.25, -0.2) is 14.9 Å². The number of rotatable bonds is 3. The van der Waals surface area contributed by atoms with E-state index in [1.54, 1.807) is 5.51 Å². The maximum Gasteiger partial charge on any atom is 0.340 e. The van der Waals surface area contributed by atoms with E-state index in [1.165, 1.54) is 11.3 Å². The molecule has 0 aromatic carbocycles. The monoisotopic (exact) mass is 321 g/mol. The van der Waals surface area contributed by atoms with Gasteiger partial charge in [0.1, 0.15) is 10.7 Å². The molecule has 22 heavy (non-hydrogen) atoms. The summed E-state index contributed by atoms with van der Waals surface area (Å²) in [5, 5.41) is 6.39. The van der Waals surface area contributed by atoms with Crippen molar-refractivity contribution in [2.45, 2.75) is 38.5 Å². The molecule has 2 aromatic rings. The molecule has 2 aromatic heterocycles. The van der Waals surface area contributed by atoms with Crippen LogP contribution < -0.4 is 5.69 Å². The van der Waals surface area contributed by atoms with Gasteiger partial charge in [-0.3, -0.25) is 9.78 Å². The van der Waals surface area contributed by atoms with Crippen molar-refractivity contribution in [2.24, 2.45) is 0 Å². The molecule has 7 nitrogen and oxygen atoms in total. The first-order valence-corrected chi connectivity index (χ1v) is 8.31. The minimum atomic E-state index is -0.303. The molecule has 3 heterocycles. The van der Waals surface area contributed by atoms with Gasteiger partial charge in [-0.1, -0.05) is 13.8 Å². The first-order valence-electron chi connectivity index (χ1n) is 7.43. The van der Waals surface area contributed by atoms with E-state index in [9.17, 15) is 9.59 Å². The van der Waals surface area contributed by atoms with Crippen LogP contribution in [-0.4, -0.2) is 44.1 Å². The number of amides is 1. The molecule has 1 atom stereocenters. The molecule has 118 valence electrons. The Hall–Kier alpha value is -1.96. The lowest BCUT2D eigenvalue weighted by atomic mass is 9.97. The highest BCUT2D eigenvalue weighted by Crippen LogP contribution is 2.28. The standard InChI is InChI=1S/C14H19N5O2S/c1-8(2)10-11(22-7-15-10)13(20)19-5-3-4-9(6-19)12-16-14(21)18-17-12/h7-9H,3-6H2,1-2H3,(H2,16,17,18,21)/t9-/m0/s1. The van der Waals surface area contributed by atoms with E-state index in [0.717, 1.165) is 30.0 Å². The van der Waals surface area contributed by atoms with Crippen LogP contribution in [0.1, 0.15) is 59.7 Å². The summed E-state index contributed by atoms with van der Waals surface area (Å²) in [6, 6.07) is 0. The number of piperidine rings is 1. The van der Waals surface area contributed by atoms with Gasteiger partial charge in [0.2, 0.25) is 0 Å². The zero-order valence-corrected chi connectivity index (χ0v) is 13.4. The summed E-state index contributed by atoms with van der Waals surface area (Å²) in [4.78, 5) is 33.6. The van der Waals surface area contributed by atoms with Crippen LogP contribution in [0.3, 0.4) is 0 Å². The van der Waals surface area contributed by atoms with Gasteiger partial charge in [-0.05, 0) is 18.8 Å². The van der Waals surface area contributed by atoms with Crippen LogP contribution in [0.2, 0.25) is 0 Å². The van der Waals surface area contributed by atoms with Crippen molar-refractivity contribution in [2.75, 3.05) is 13.1 Å². The third kappa shape index (κ3) is 2.83. The summed E-state index contributed by atoms with van der Waals surface area (Å²) in [6.07, 6.45) is 1.82. The fourth-order valence-electron chi connectivity index (χ4n) is 2.83. The van der Waals surface area contributed by atoms with E-state index < -0.39 is 0 Å². The van der Waals surface area contributed by atoms with Gasteiger partial charge in [0.15, 0.2) is 0 Å². The summed E-state index contributed by atoms with van der Waals surface area (Å²) < 4.78 is 0. The van der Waals surface area contributed by atoms with E-state index in [2.05, 4.69) is 20.2 Å². The van der Waals surface area contributed by atoms with Crippen LogP contribution in [0.25, 0.3) is 0 Å². The van der Waals surface area contributed by atoms with E-state index >= 15 is 0 Å². The lowest BCUT2D eigenvalue weighted by Gasteiger charge is -2.31. The normalized spacial score (nSPS) is 18.9. The van der Waals surface area contributed by atoms with Crippen LogP contribution >= 0.6 is 11.3 Å². The smallest absolute Gasteiger partial charge is 0.337 e. The summed E-state index contributed by atoms with van der Waals surface area (Å²) >= 11 is 1.40. The van der Waals surface area contributed by atoms with Crippen molar-refractivity contribution in [1.29, 1.82) is 0 Å². The van der Waals surface area contributed by atoms with Crippen molar-refractivity contribution < 1.29 is 4.79 Å². The Morgan fingerprint density at radius 2 is 2.32 bits per heavy atom. The lowest BCUT2D eigenvalue weighted by molar-refractivity contribution is 0.0708. The van der Waals surface area contributed by atoms with Crippen LogP contribution in [-0.2, 0) is 0 Å². The molecule has 0 spiro atoms. The molecule has 1 aliphatic rings. The first kappa shape index (κ1) is 15.0. The van der Waals surface area contributed by atoms with Gasteiger partial charge < -0.3 is 4.90 Å². The number of carbonyl (C=O) groups is 1. The minimum Gasteiger partial charge on any atom is -0.337 e. The molecule has 0 unspecified atom stereocenters. The largest absolute Gasteiger partial charge is 0.340 e. The lowest BCUT2D eigenvalue weighted by Crippen LogP contribution is -2.39. The van der Waals surface area contributed by atoms with Gasteiger partial charge in [-0.2, -0.15) is 5.10 Å². The Labute approximate surface area is 131 Å². The van der Waals surface area contributed by atoms with Crippen molar-refractivity contribution >= 4 is 17.2 Å². The number of likely N-dealkylation sites (tertiary alicyclic amines) is 1. The van der Waals surface area contributed by atoms with Crippen molar-refractivity contribution in [3.05, 3.63) is 32.4 Å². The van der Waals surface area contributed by atoms with Crippen molar-refractivity contribution in [3.63, 3.8) is 0 Å². The zero-order chi connectivity index (χ0) is 15.7. The molecular formula is C14H19N5O2S. The quantitative estimate of drug-likeness (QED) is 0.899. The number of thiazole rings is 1. The maximum atomic E-state index is 12.8. The predicted molar refractivity (Wildman–Crippen MR) is 83.3 cm³/mol. The third-order valence-electron chi connectivity index (χ3n) is 3.95. The third-order valence-corrected chi connectivity index (χ3v) is 4.78. The van der Waals surface area contributed by atoms with E-state index in [1.807, 2.05) is 18.7 Å². The minimum absolute atomic E-state index is 0.0359. The predicted octanol–water partition coefficient (Wildman–Crippen LogP) is 1.70. The zero-order valence-electron chi connectivity index (χ0n) is 12.6. The fraction of sp³-hybridized carbons (Fsp3) is 0.571. The number of hydrogen-bond acceptors (Lipinski definition) is 5. The second-order valence-electron chi connectivity index (χ2n) is 5.87. The Balaban J connectivity index is 1.78. The Morgan fingerprint density at radius 1 is 1.50 bits per heavy atom. The fourth-order valence-corrected chi connectivity index (χ4v) is 3.74. The highest BCUT2D eigenvalue weighted by atomic mass is 32.1. The van der Waals surface area contributed by atoms with Gasteiger partial charge in [-0.15, -0.1) is 11.3 Å². The van der Waals surface area contributed by atoms with E-state index in [-0.39, 0.29) is 23.4 Å². The molecule has 0 aliphatic carbocycles. The molecule has 1 aliphatic heterocycles. The molecule has 3 rings (SSSR count). The number of hydrogen-bond donors (Lipinski definition) is 2. The van der Waals surface area contributed by atoms with Gasteiger partial charge in [0.05, 0.1) is 11.2 Å². The van der Waals surface area contributed by atoms with Crippen LogP contribution in [0, 0.1) is 0 Å². The average molecular weight is 321 g/mol. The molecule has 0 saturated carbocycles. The number of aromatic amines is 2. The summed E-state index contributed by atoms with van der Waals surface area (Å²) in [5.41, 5.74) is 2.29. The van der Waals surface area contributed by atoms with Crippen LogP contribution in [0.5, 0.6) is 0 Å². The average Bonchev–Trinajstić information content (AvgIpc) is 3.15. The van der Waals surface area contributed by atoms with Crippen LogP contribution in [0.4, 0.5) is 0 Å². The van der Waals surface area contributed by atoms with Gasteiger partial charge >= 0.3 is 5.69 Å². The molecule has 8 heteroatoms. The van der Waals surface area contributed by atoms with Crippen LogP contribution in [0.15, 0.2) is 10.3 Å². The van der Waals surface area contributed by atoms with E-state index in [4.69, 9.17) is 0 Å². The summed E-state index contributed by atoms with van der Waals surface area (Å²) in [5.74, 6) is 0.977. The maximum absolute atomic E-state index is 12.8. The summed E-state index contributed by atoms with van der Waals surface area (Å²) in [6.45, 7) is 5.40. The Morgan fingerprint density at radius 3 is 3.00 bits per heavy atom. The molecule has 1 amide bonds. The molecule has 1 saturated heterocycles. The topological polar surface area (TPSA) is 94.7 Å².